The maximum Gasteiger partial charge on any atom is 0.337 e. The summed E-state index contributed by atoms with van der Waals surface area (Å²) in [7, 11) is 1.36. The Balaban J connectivity index is 2.76. The second-order valence-electron chi connectivity index (χ2n) is 4.55. The van der Waals surface area contributed by atoms with Gasteiger partial charge in [-0.25, -0.2) is 4.79 Å². The SMILES string of the molecule is CCNC(=O)CN(CC)Cc1ccc(C(=O)OC)cc1Br. The van der Waals surface area contributed by atoms with Crippen LogP contribution in [0.25, 0.3) is 0 Å². The Morgan fingerprint density at radius 2 is 2.05 bits per heavy atom. The van der Waals surface area contributed by atoms with Crippen molar-refractivity contribution in [1.82, 2.24) is 10.2 Å². The molecule has 0 fully saturated rings. The quantitative estimate of drug-likeness (QED) is 0.760. The predicted octanol–water partition coefficient (Wildman–Crippen LogP) is 2.19. The Bertz CT molecular complexity index is 506. The van der Waals surface area contributed by atoms with Gasteiger partial charge in [-0.15, -0.1) is 0 Å². The average molecular weight is 357 g/mol. The number of carbonyl (C=O) groups is 2. The normalized spacial score (nSPS) is 10.5. The van der Waals surface area contributed by atoms with Crippen molar-refractivity contribution in [3.63, 3.8) is 0 Å². The zero-order valence-electron chi connectivity index (χ0n) is 12.6. The molecule has 0 saturated carbocycles. The molecule has 0 aliphatic rings. The molecule has 0 aromatic heterocycles. The third kappa shape index (κ3) is 5.47. The number of hydrogen-bond donors (Lipinski definition) is 1. The number of halogens is 1. The summed E-state index contributed by atoms with van der Waals surface area (Å²) in [6, 6.07) is 5.34. The third-order valence-corrected chi connectivity index (χ3v) is 3.79. The minimum Gasteiger partial charge on any atom is -0.465 e. The van der Waals surface area contributed by atoms with Crippen LogP contribution in [0.1, 0.15) is 29.8 Å². The molecule has 0 heterocycles. The number of ether oxygens (including phenoxy) is 1. The Labute approximate surface area is 133 Å². The van der Waals surface area contributed by atoms with Gasteiger partial charge in [-0.1, -0.05) is 28.9 Å². The molecule has 1 aromatic carbocycles. The molecule has 0 unspecified atom stereocenters. The molecule has 6 heteroatoms. The van der Waals surface area contributed by atoms with E-state index in [-0.39, 0.29) is 11.9 Å². The molecular weight excluding hydrogens is 336 g/mol. The summed E-state index contributed by atoms with van der Waals surface area (Å²) in [4.78, 5) is 25.1. The summed E-state index contributed by atoms with van der Waals surface area (Å²) in [6.07, 6.45) is 0. The van der Waals surface area contributed by atoms with E-state index in [1.165, 1.54) is 7.11 Å². The Hall–Kier alpha value is -1.40. The van der Waals surface area contributed by atoms with Crippen LogP contribution in [0.15, 0.2) is 22.7 Å². The van der Waals surface area contributed by atoms with Gasteiger partial charge in [-0.2, -0.15) is 0 Å². The number of likely N-dealkylation sites (N-methyl/N-ethyl adjacent to an activating group) is 2. The first kappa shape index (κ1) is 17.7. The van der Waals surface area contributed by atoms with Crippen molar-refractivity contribution in [2.75, 3.05) is 26.7 Å². The fourth-order valence-electron chi connectivity index (χ4n) is 1.90. The molecule has 0 bridgehead atoms. The van der Waals surface area contributed by atoms with Crippen molar-refractivity contribution in [2.24, 2.45) is 0 Å². The van der Waals surface area contributed by atoms with Crippen LogP contribution in [-0.4, -0.2) is 43.5 Å². The Kier molecular flexibility index (Phi) is 7.39. The van der Waals surface area contributed by atoms with Crippen molar-refractivity contribution in [1.29, 1.82) is 0 Å². The van der Waals surface area contributed by atoms with Gasteiger partial charge in [0.05, 0.1) is 19.2 Å². The standard InChI is InChI=1S/C15H21BrN2O3/c1-4-17-14(19)10-18(5-2)9-12-7-6-11(8-13(12)16)15(20)21-3/h6-8H,4-5,9-10H2,1-3H3,(H,17,19). The average Bonchev–Trinajstić information content (AvgIpc) is 2.47. The van der Waals surface area contributed by atoms with Crippen molar-refractivity contribution < 1.29 is 14.3 Å². The molecule has 0 radical (unpaired) electrons. The molecule has 1 N–H and O–H groups in total. The fourth-order valence-corrected chi connectivity index (χ4v) is 2.40. The van der Waals surface area contributed by atoms with Crippen molar-refractivity contribution in [3.8, 4) is 0 Å². The molecule has 1 amide bonds. The molecule has 1 aromatic rings. The number of benzene rings is 1. The molecule has 0 saturated heterocycles. The van der Waals surface area contributed by atoms with Gasteiger partial charge in [0.15, 0.2) is 0 Å². The summed E-state index contributed by atoms with van der Waals surface area (Å²) in [5, 5.41) is 2.79. The van der Waals surface area contributed by atoms with Gasteiger partial charge in [0, 0.05) is 17.6 Å². The molecule has 0 spiro atoms. The summed E-state index contributed by atoms with van der Waals surface area (Å²) in [5.41, 5.74) is 1.52. The lowest BCUT2D eigenvalue weighted by molar-refractivity contribution is -0.122. The van der Waals surface area contributed by atoms with Crippen LogP contribution >= 0.6 is 15.9 Å². The largest absolute Gasteiger partial charge is 0.465 e. The minimum absolute atomic E-state index is 0.0154. The first-order chi connectivity index (χ1) is 10.0. The molecule has 116 valence electrons. The number of methoxy groups -OCH3 is 1. The zero-order valence-corrected chi connectivity index (χ0v) is 14.2. The number of rotatable bonds is 7. The van der Waals surface area contributed by atoms with Gasteiger partial charge < -0.3 is 10.1 Å². The zero-order chi connectivity index (χ0) is 15.8. The van der Waals surface area contributed by atoms with E-state index >= 15 is 0 Å². The fraction of sp³-hybridized carbons (Fsp3) is 0.467. The van der Waals surface area contributed by atoms with Gasteiger partial charge >= 0.3 is 5.97 Å². The molecule has 5 nitrogen and oxygen atoms in total. The van der Waals surface area contributed by atoms with E-state index in [0.29, 0.717) is 25.2 Å². The van der Waals surface area contributed by atoms with E-state index in [9.17, 15) is 9.59 Å². The van der Waals surface area contributed by atoms with Crippen LogP contribution in [-0.2, 0) is 16.1 Å². The van der Waals surface area contributed by atoms with E-state index in [1.54, 1.807) is 12.1 Å². The number of nitrogens with zero attached hydrogens (tertiary/aromatic N) is 1. The summed E-state index contributed by atoms with van der Waals surface area (Å²) in [6.45, 7) is 6.30. The van der Waals surface area contributed by atoms with Crippen molar-refractivity contribution in [3.05, 3.63) is 33.8 Å². The lowest BCUT2D eigenvalue weighted by Gasteiger charge is -2.20. The van der Waals surface area contributed by atoms with E-state index in [2.05, 4.69) is 26.0 Å². The topological polar surface area (TPSA) is 58.6 Å². The Morgan fingerprint density at radius 3 is 2.57 bits per heavy atom. The van der Waals surface area contributed by atoms with Gasteiger partial charge in [-0.3, -0.25) is 9.69 Å². The number of esters is 1. The maximum atomic E-state index is 11.6. The van der Waals surface area contributed by atoms with Crippen LogP contribution in [0.2, 0.25) is 0 Å². The van der Waals surface area contributed by atoms with Gasteiger partial charge in [0.2, 0.25) is 5.91 Å². The van der Waals surface area contributed by atoms with Crippen molar-refractivity contribution in [2.45, 2.75) is 20.4 Å². The molecule has 1 rings (SSSR count). The second kappa shape index (κ2) is 8.79. The lowest BCUT2D eigenvalue weighted by atomic mass is 10.1. The van der Waals surface area contributed by atoms with Crippen LogP contribution in [0.4, 0.5) is 0 Å². The maximum absolute atomic E-state index is 11.6. The predicted molar refractivity (Wildman–Crippen MR) is 85.1 cm³/mol. The van der Waals surface area contributed by atoms with Crippen molar-refractivity contribution >= 4 is 27.8 Å². The van der Waals surface area contributed by atoms with Crippen LogP contribution in [0.5, 0.6) is 0 Å². The highest BCUT2D eigenvalue weighted by Gasteiger charge is 2.13. The highest BCUT2D eigenvalue weighted by molar-refractivity contribution is 9.10. The summed E-state index contributed by atoms with van der Waals surface area (Å²) in [5.74, 6) is -0.349. The van der Waals surface area contributed by atoms with E-state index < -0.39 is 0 Å². The Morgan fingerprint density at radius 1 is 1.33 bits per heavy atom. The number of amides is 1. The molecule has 0 atom stereocenters. The van der Waals surface area contributed by atoms with Gasteiger partial charge in [0.1, 0.15) is 0 Å². The molecular formula is C15H21BrN2O3. The first-order valence-electron chi connectivity index (χ1n) is 6.87. The summed E-state index contributed by atoms with van der Waals surface area (Å²) >= 11 is 3.46. The van der Waals surface area contributed by atoms with Crippen LogP contribution in [0, 0.1) is 0 Å². The molecule has 0 aliphatic heterocycles. The highest BCUT2D eigenvalue weighted by atomic mass is 79.9. The second-order valence-corrected chi connectivity index (χ2v) is 5.41. The van der Waals surface area contributed by atoms with Gasteiger partial charge in [0.25, 0.3) is 0 Å². The van der Waals surface area contributed by atoms with Crippen LogP contribution in [0.3, 0.4) is 0 Å². The van der Waals surface area contributed by atoms with Gasteiger partial charge in [-0.05, 0) is 31.2 Å². The minimum atomic E-state index is -0.364. The highest BCUT2D eigenvalue weighted by Crippen LogP contribution is 2.20. The number of carbonyl (C=O) groups excluding carboxylic acids is 2. The lowest BCUT2D eigenvalue weighted by Crippen LogP contribution is -2.36. The number of nitrogens with one attached hydrogen (secondary N) is 1. The van der Waals surface area contributed by atoms with E-state index in [1.807, 2.05) is 24.8 Å². The van der Waals surface area contributed by atoms with E-state index in [0.717, 1.165) is 16.6 Å². The van der Waals surface area contributed by atoms with Crippen LogP contribution < -0.4 is 5.32 Å². The third-order valence-electron chi connectivity index (χ3n) is 3.06. The number of hydrogen-bond acceptors (Lipinski definition) is 4. The van der Waals surface area contributed by atoms with E-state index in [4.69, 9.17) is 0 Å². The smallest absolute Gasteiger partial charge is 0.337 e. The molecule has 0 aliphatic carbocycles. The monoisotopic (exact) mass is 356 g/mol. The first-order valence-corrected chi connectivity index (χ1v) is 7.66. The molecule has 21 heavy (non-hydrogen) atoms. The summed E-state index contributed by atoms with van der Waals surface area (Å²) < 4.78 is 5.52.